The number of rotatable bonds is 2. The van der Waals surface area contributed by atoms with E-state index in [1.54, 1.807) is 6.07 Å². The van der Waals surface area contributed by atoms with Gasteiger partial charge in [-0.05, 0) is 23.8 Å². The molecule has 4 heteroatoms. The smallest absolute Gasteiger partial charge is 0.125 e. The fourth-order valence-corrected chi connectivity index (χ4v) is 0.955. The molecule has 0 saturated carbocycles. The highest BCUT2D eigenvalue weighted by molar-refractivity contribution is 5.42. The topological polar surface area (TPSA) is 72.3 Å². The quantitative estimate of drug-likeness (QED) is 0.562. The zero-order valence-electron chi connectivity index (χ0n) is 6.50. The summed E-state index contributed by atoms with van der Waals surface area (Å²) in [5, 5.41) is 8.68. The summed E-state index contributed by atoms with van der Waals surface area (Å²) in [5.41, 5.74) is 11.7. The lowest BCUT2D eigenvalue weighted by atomic mass is 10.1. The molecule has 0 fully saturated rings. The van der Waals surface area contributed by atoms with Crippen molar-refractivity contribution in [3.05, 3.63) is 29.6 Å². The first-order valence-electron chi connectivity index (χ1n) is 3.56. The fourth-order valence-electron chi connectivity index (χ4n) is 0.955. The minimum atomic E-state index is -0.567. The van der Waals surface area contributed by atoms with Crippen molar-refractivity contribution in [3.63, 3.8) is 0 Å². The van der Waals surface area contributed by atoms with Crippen LogP contribution in [0, 0.1) is 5.82 Å². The van der Waals surface area contributed by atoms with E-state index in [0.717, 1.165) is 0 Å². The molecule has 1 atom stereocenters. The number of aliphatic hydroxyl groups excluding tert-OH is 1. The third-order valence-electron chi connectivity index (χ3n) is 1.57. The summed E-state index contributed by atoms with van der Waals surface area (Å²) < 4.78 is 12.7. The van der Waals surface area contributed by atoms with Crippen molar-refractivity contribution in [2.45, 2.75) is 6.04 Å². The lowest BCUT2D eigenvalue weighted by Crippen LogP contribution is -2.14. The first kappa shape index (κ1) is 8.96. The summed E-state index contributed by atoms with van der Waals surface area (Å²) >= 11 is 0. The molecule has 3 nitrogen and oxygen atoms in total. The van der Waals surface area contributed by atoms with Crippen molar-refractivity contribution in [1.82, 2.24) is 0 Å². The maximum Gasteiger partial charge on any atom is 0.125 e. The summed E-state index contributed by atoms with van der Waals surface area (Å²) in [7, 11) is 0. The molecule has 0 bridgehead atoms. The van der Waals surface area contributed by atoms with E-state index in [1.165, 1.54) is 12.1 Å². The van der Waals surface area contributed by atoms with E-state index >= 15 is 0 Å². The molecule has 12 heavy (non-hydrogen) atoms. The number of benzene rings is 1. The van der Waals surface area contributed by atoms with Crippen LogP contribution < -0.4 is 11.5 Å². The second-order valence-corrected chi connectivity index (χ2v) is 2.61. The van der Waals surface area contributed by atoms with Gasteiger partial charge in [0.1, 0.15) is 5.82 Å². The maximum atomic E-state index is 12.7. The van der Waals surface area contributed by atoms with Crippen LogP contribution in [0.1, 0.15) is 11.6 Å². The number of aliphatic hydroxyl groups is 1. The van der Waals surface area contributed by atoms with E-state index in [-0.39, 0.29) is 6.61 Å². The van der Waals surface area contributed by atoms with Gasteiger partial charge in [-0.15, -0.1) is 0 Å². The zero-order chi connectivity index (χ0) is 9.14. The average molecular weight is 170 g/mol. The Morgan fingerprint density at radius 3 is 2.58 bits per heavy atom. The highest BCUT2D eigenvalue weighted by Gasteiger charge is 2.05. The van der Waals surface area contributed by atoms with E-state index < -0.39 is 11.9 Å². The molecule has 0 aliphatic carbocycles. The first-order valence-corrected chi connectivity index (χ1v) is 3.56. The van der Waals surface area contributed by atoms with Gasteiger partial charge in [0.2, 0.25) is 0 Å². The molecule has 0 amide bonds. The number of anilines is 1. The van der Waals surface area contributed by atoms with Crippen LogP contribution in [0.15, 0.2) is 18.2 Å². The Morgan fingerprint density at radius 1 is 1.42 bits per heavy atom. The second-order valence-electron chi connectivity index (χ2n) is 2.61. The van der Waals surface area contributed by atoms with Gasteiger partial charge < -0.3 is 16.6 Å². The number of halogens is 1. The average Bonchev–Trinajstić information content (AvgIpc) is 2.01. The minimum absolute atomic E-state index is 0.219. The summed E-state index contributed by atoms with van der Waals surface area (Å²) in [4.78, 5) is 0. The highest BCUT2D eigenvalue weighted by Crippen LogP contribution is 2.15. The van der Waals surface area contributed by atoms with E-state index in [1.807, 2.05) is 0 Å². The Balaban J connectivity index is 3.00. The third kappa shape index (κ3) is 1.93. The minimum Gasteiger partial charge on any atom is -0.399 e. The SMILES string of the molecule is Nc1cc(F)cc([C@@H](N)CO)c1. The molecule has 0 saturated heterocycles. The molecule has 0 heterocycles. The molecule has 1 rings (SSSR count). The van der Waals surface area contributed by atoms with Crippen molar-refractivity contribution < 1.29 is 9.50 Å². The molecular formula is C8H11FN2O. The van der Waals surface area contributed by atoms with Gasteiger partial charge in [-0.2, -0.15) is 0 Å². The summed E-state index contributed by atoms with van der Waals surface area (Å²) in [6.45, 7) is -0.219. The van der Waals surface area contributed by atoms with Crippen molar-refractivity contribution in [2.75, 3.05) is 12.3 Å². The molecule has 1 aromatic rings. The Kier molecular flexibility index (Phi) is 2.62. The summed E-state index contributed by atoms with van der Waals surface area (Å²) in [6, 6.07) is 3.44. The van der Waals surface area contributed by atoms with Crippen LogP contribution in [0.3, 0.4) is 0 Å². The maximum absolute atomic E-state index is 12.7. The monoisotopic (exact) mass is 170 g/mol. The Hall–Kier alpha value is -1.13. The fraction of sp³-hybridized carbons (Fsp3) is 0.250. The van der Waals surface area contributed by atoms with E-state index in [0.29, 0.717) is 11.3 Å². The van der Waals surface area contributed by atoms with Gasteiger partial charge in [0.15, 0.2) is 0 Å². The van der Waals surface area contributed by atoms with E-state index in [4.69, 9.17) is 16.6 Å². The molecule has 0 spiro atoms. The van der Waals surface area contributed by atoms with Gasteiger partial charge in [-0.1, -0.05) is 0 Å². The van der Waals surface area contributed by atoms with Crippen molar-refractivity contribution in [1.29, 1.82) is 0 Å². The van der Waals surface area contributed by atoms with Crippen LogP contribution >= 0.6 is 0 Å². The van der Waals surface area contributed by atoms with Crippen molar-refractivity contribution in [3.8, 4) is 0 Å². The summed E-state index contributed by atoms with van der Waals surface area (Å²) in [6.07, 6.45) is 0. The van der Waals surface area contributed by atoms with Crippen molar-refractivity contribution in [2.24, 2.45) is 5.73 Å². The van der Waals surface area contributed by atoms with Gasteiger partial charge in [0, 0.05) is 5.69 Å². The van der Waals surface area contributed by atoms with Crippen LogP contribution in [0.5, 0.6) is 0 Å². The zero-order valence-corrected chi connectivity index (χ0v) is 6.50. The molecule has 0 aliphatic rings. The molecule has 0 aliphatic heterocycles. The molecule has 0 radical (unpaired) electrons. The largest absolute Gasteiger partial charge is 0.399 e. The Bertz CT molecular complexity index is 258. The second kappa shape index (κ2) is 3.51. The van der Waals surface area contributed by atoms with Crippen LogP contribution in [0.2, 0.25) is 0 Å². The molecule has 5 N–H and O–H groups in total. The van der Waals surface area contributed by atoms with Crippen LogP contribution in [0.4, 0.5) is 10.1 Å². The van der Waals surface area contributed by atoms with E-state index in [9.17, 15) is 4.39 Å². The van der Waals surface area contributed by atoms with Crippen LogP contribution in [-0.4, -0.2) is 11.7 Å². The number of hydrogen-bond donors (Lipinski definition) is 3. The predicted octanol–water partition coefficient (Wildman–Crippen LogP) is 0.400. The number of nitrogens with two attached hydrogens (primary N) is 2. The van der Waals surface area contributed by atoms with E-state index in [2.05, 4.69) is 0 Å². The number of hydrogen-bond acceptors (Lipinski definition) is 3. The molecule has 0 unspecified atom stereocenters. The summed E-state index contributed by atoms with van der Waals surface area (Å²) in [5.74, 6) is -0.436. The molecule has 0 aromatic heterocycles. The Labute approximate surface area is 69.8 Å². The predicted molar refractivity (Wildman–Crippen MR) is 44.8 cm³/mol. The standard InChI is InChI=1S/C8H11FN2O/c9-6-1-5(8(11)4-12)2-7(10)3-6/h1-3,8,12H,4,10-11H2/t8-/m0/s1. The molecule has 1 aromatic carbocycles. The van der Waals surface area contributed by atoms with Gasteiger partial charge in [-0.3, -0.25) is 0 Å². The van der Waals surface area contributed by atoms with Gasteiger partial charge >= 0.3 is 0 Å². The lowest BCUT2D eigenvalue weighted by molar-refractivity contribution is 0.268. The number of nitrogen functional groups attached to an aromatic ring is 1. The lowest BCUT2D eigenvalue weighted by Gasteiger charge is -2.08. The first-order chi connectivity index (χ1) is 5.63. The van der Waals surface area contributed by atoms with Crippen molar-refractivity contribution >= 4 is 5.69 Å². The van der Waals surface area contributed by atoms with Gasteiger partial charge in [-0.25, -0.2) is 4.39 Å². The molecule has 66 valence electrons. The highest BCUT2D eigenvalue weighted by atomic mass is 19.1. The Morgan fingerprint density at radius 2 is 2.08 bits per heavy atom. The third-order valence-corrected chi connectivity index (χ3v) is 1.57. The molecular weight excluding hydrogens is 159 g/mol. The van der Waals surface area contributed by atoms with Crippen LogP contribution in [-0.2, 0) is 0 Å². The van der Waals surface area contributed by atoms with Gasteiger partial charge in [0.25, 0.3) is 0 Å². The van der Waals surface area contributed by atoms with Crippen LogP contribution in [0.25, 0.3) is 0 Å². The van der Waals surface area contributed by atoms with Gasteiger partial charge in [0.05, 0.1) is 12.6 Å². The normalized spacial score (nSPS) is 12.9.